The lowest BCUT2D eigenvalue weighted by molar-refractivity contribution is -0.130. The van der Waals surface area contributed by atoms with Crippen molar-refractivity contribution in [3.8, 4) is 11.8 Å². The zero-order valence-corrected chi connectivity index (χ0v) is 11.0. The number of rotatable bonds is 7. The molecule has 1 N–H and O–H groups in total. The quantitative estimate of drug-likeness (QED) is 0.804. The topological polar surface area (TPSA) is 73.6 Å². The van der Waals surface area contributed by atoms with Crippen molar-refractivity contribution in [2.45, 2.75) is 19.4 Å². The first-order valence-electron chi connectivity index (χ1n) is 6.11. The van der Waals surface area contributed by atoms with Gasteiger partial charge >= 0.3 is 0 Å². The largest absolute Gasteiger partial charge is 0.493 e. The van der Waals surface area contributed by atoms with Crippen LogP contribution in [0, 0.1) is 11.3 Å². The van der Waals surface area contributed by atoms with Crippen LogP contribution in [0.5, 0.6) is 5.75 Å². The minimum atomic E-state index is -0.0911. The van der Waals surface area contributed by atoms with Crippen molar-refractivity contribution in [3.05, 3.63) is 29.8 Å². The minimum Gasteiger partial charge on any atom is -0.493 e. The first-order valence-corrected chi connectivity index (χ1v) is 6.11. The molecule has 0 fully saturated rings. The number of amides is 1. The Balaban J connectivity index is 2.38. The van der Waals surface area contributed by atoms with E-state index in [0.717, 1.165) is 0 Å². The fourth-order valence-electron chi connectivity index (χ4n) is 1.56. The van der Waals surface area contributed by atoms with Gasteiger partial charge in [-0.15, -0.1) is 0 Å². The first kappa shape index (κ1) is 15.0. The van der Waals surface area contributed by atoms with Gasteiger partial charge in [-0.1, -0.05) is 18.2 Å². The highest BCUT2D eigenvalue weighted by Gasteiger charge is 2.09. The molecule has 0 aliphatic heterocycles. The average Bonchev–Trinajstić information content (AvgIpc) is 2.45. The zero-order chi connectivity index (χ0) is 14.1. The van der Waals surface area contributed by atoms with E-state index in [1.807, 2.05) is 18.2 Å². The molecule has 1 rings (SSSR count). The first-order chi connectivity index (χ1) is 9.19. The molecule has 0 radical (unpaired) electrons. The van der Waals surface area contributed by atoms with Gasteiger partial charge in [0.25, 0.3) is 0 Å². The number of benzene rings is 1. The molecule has 0 spiro atoms. The van der Waals surface area contributed by atoms with E-state index < -0.39 is 0 Å². The third-order valence-corrected chi connectivity index (χ3v) is 2.70. The second-order valence-corrected chi connectivity index (χ2v) is 4.09. The van der Waals surface area contributed by atoms with Gasteiger partial charge in [-0.05, 0) is 6.07 Å². The van der Waals surface area contributed by atoms with Crippen molar-refractivity contribution >= 4 is 5.91 Å². The molecule has 0 saturated carbocycles. The fourth-order valence-corrected chi connectivity index (χ4v) is 1.56. The lowest BCUT2D eigenvalue weighted by atomic mass is 10.2. The van der Waals surface area contributed by atoms with Crippen LogP contribution in [-0.4, -0.2) is 36.1 Å². The molecular formula is C14H18N2O3. The Hall–Kier alpha value is -2.06. The van der Waals surface area contributed by atoms with Gasteiger partial charge in [-0.3, -0.25) is 4.79 Å². The van der Waals surface area contributed by atoms with Gasteiger partial charge in [0.2, 0.25) is 5.91 Å². The predicted molar refractivity (Wildman–Crippen MR) is 70.3 cm³/mol. The molecule has 102 valence electrons. The monoisotopic (exact) mass is 262 g/mol. The lowest BCUT2D eigenvalue weighted by Crippen LogP contribution is -2.28. The molecule has 19 heavy (non-hydrogen) atoms. The highest BCUT2D eigenvalue weighted by atomic mass is 16.5. The Morgan fingerprint density at radius 2 is 2.21 bits per heavy atom. The molecule has 0 aliphatic rings. The van der Waals surface area contributed by atoms with Crippen LogP contribution in [0.1, 0.15) is 18.4 Å². The van der Waals surface area contributed by atoms with Crippen LogP contribution >= 0.6 is 0 Å². The molecule has 0 bridgehead atoms. The number of hydrogen-bond acceptors (Lipinski definition) is 4. The number of carbonyl (C=O) groups excluding carboxylic acids is 1. The van der Waals surface area contributed by atoms with E-state index in [-0.39, 0.29) is 25.5 Å². The van der Waals surface area contributed by atoms with Crippen molar-refractivity contribution in [3.63, 3.8) is 0 Å². The van der Waals surface area contributed by atoms with Crippen LogP contribution in [-0.2, 0) is 11.4 Å². The van der Waals surface area contributed by atoms with Crippen LogP contribution in [0.2, 0.25) is 0 Å². The number of carbonyl (C=O) groups is 1. The molecular weight excluding hydrogens is 244 g/mol. The molecule has 0 atom stereocenters. The Labute approximate surface area is 113 Å². The molecule has 0 aromatic heterocycles. The van der Waals surface area contributed by atoms with E-state index in [1.165, 1.54) is 4.90 Å². The van der Waals surface area contributed by atoms with Gasteiger partial charge in [-0.2, -0.15) is 5.26 Å². The summed E-state index contributed by atoms with van der Waals surface area (Å²) >= 11 is 0. The molecule has 5 nitrogen and oxygen atoms in total. The molecule has 1 aromatic rings. The standard InChI is InChI=1S/C14H18N2O3/c1-16(9-4-8-15)14(18)7-10-19-13-6-3-2-5-12(13)11-17/h2-3,5-6,17H,4,7,9-11H2,1H3. The Bertz CT molecular complexity index is 454. The number of nitriles is 1. The van der Waals surface area contributed by atoms with Crippen molar-refractivity contribution in [1.82, 2.24) is 4.90 Å². The summed E-state index contributed by atoms with van der Waals surface area (Å²) in [5.41, 5.74) is 0.702. The number of aliphatic hydroxyl groups is 1. The molecule has 0 heterocycles. The Morgan fingerprint density at radius 1 is 1.47 bits per heavy atom. The summed E-state index contributed by atoms with van der Waals surface area (Å²) in [4.78, 5) is 13.2. The van der Waals surface area contributed by atoms with Crippen LogP contribution in [0.3, 0.4) is 0 Å². The molecule has 0 unspecified atom stereocenters. The maximum Gasteiger partial charge on any atom is 0.225 e. The summed E-state index contributed by atoms with van der Waals surface area (Å²) in [7, 11) is 1.67. The van der Waals surface area contributed by atoms with Gasteiger partial charge in [0.1, 0.15) is 5.75 Å². The van der Waals surface area contributed by atoms with Crippen molar-refractivity contribution < 1.29 is 14.6 Å². The maximum absolute atomic E-state index is 11.7. The number of nitrogens with zero attached hydrogens (tertiary/aromatic N) is 2. The maximum atomic E-state index is 11.7. The summed E-state index contributed by atoms with van der Waals surface area (Å²) < 4.78 is 5.48. The van der Waals surface area contributed by atoms with Crippen LogP contribution in [0.25, 0.3) is 0 Å². The summed E-state index contributed by atoms with van der Waals surface area (Å²) in [5, 5.41) is 17.6. The van der Waals surface area contributed by atoms with Gasteiger partial charge in [0.15, 0.2) is 0 Å². The summed E-state index contributed by atoms with van der Waals surface area (Å²) in [6, 6.07) is 9.16. The lowest BCUT2D eigenvalue weighted by Gasteiger charge is -2.16. The smallest absolute Gasteiger partial charge is 0.225 e. The van der Waals surface area contributed by atoms with Crippen LogP contribution in [0.4, 0.5) is 0 Å². The summed E-state index contributed by atoms with van der Waals surface area (Å²) in [6.45, 7) is 0.599. The van der Waals surface area contributed by atoms with Crippen LogP contribution in [0.15, 0.2) is 24.3 Å². The Kier molecular flexibility index (Phi) is 6.41. The highest BCUT2D eigenvalue weighted by Crippen LogP contribution is 2.17. The number of aliphatic hydroxyl groups excluding tert-OH is 1. The molecule has 0 saturated heterocycles. The zero-order valence-electron chi connectivity index (χ0n) is 11.0. The second kappa shape index (κ2) is 8.11. The predicted octanol–water partition coefficient (Wildman–Crippen LogP) is 1.32. The van der Waals surface area contributed by atoms with Gasteiger partial charge in [-0.25, -0.2) is 0 Å². The Morgan fingerprint density at radius 3 is 2.89 bits per heavy atom. The SMILES string of the molecule is CN(CCC#N)C(=O)CCOc1ccccc1CO. The van der Waals surface area contributed by atoms with Crippen LogP contribution < -0.4 is 4.74 Å². The number of ether oxygens (including phenoxy) is 1. The molecule has 1 amide bonds. The number of hydrogen-bond donors (Lipinski definition) is 1. The number of para-hydroxylation sites is 1. The molecule has 5 heteroatoms. The van der Waals surface area contributed by atoms with E-state index >= 15 is 0 Å². The van der Waals surface area contributed by atoms with E-state index in [9.17, 15) is 4.79 Å². The van der Waals surface area contributed by atoms with Gasteiger partial charge < -0.3 is 14.7 Å². The van der Waals surface area contributed by atoms with Crippen molar-refractivity contribution in [1.29, 1.82) is 5.26 Å². The summed E-state index contributed by atoms with van der Waals surface area (Å²) in [5.74, 6) is 0.536. The van der Waals surface area contributed by atoms with E-state index in [0.29, 0.717) is 24.3 Å². The third kappa shape index (κ3) is 4.98. The molecule has 1 aromatic carbocycles. The van der Waals surface area contributed by atoms with E-state index in [4.69, 9.17) is 15.1 Å². The second-order valence-electron chi connectivity index (χ2n) is 4.09. The summed E-state index contributed by atoms with van der Waals surface area (Å²) in [6.07, 6.45) is 0.581. The molecule has 0 aliphatic carbocycles. The van der Waals surface area contributed by atoms with Crippen molar-refractivity contribution in [2.24, 2.45) is 0 Å². The normalized spacial score (nSPS) is 9.74. The van der Waals surface area contributed by atoms with Gasteiger partial charge in [0.05, 0.1) is 32.1 Å². The van der Waals surface area contributed by atoms with E-state index in [1.54, 1.807) is 19.2 Å². The third-order valence-electron chi connectivity index (χ3n) is 2.70. The minimum absolute atomic E-state index is 0.0586. The van der Waals surface area contributed by atoms with Gasteiger partial charge in [0, 0.05) is 19.2 Å². The fraction of sp³-hybridized carbons (Fsp3) is 0.429. The van der Waals surface area contributed by atoms with E-state index in [2.05, 4.69) is 0 Å². The highest BCUT2D eigenvalue weighted by molar-refractivity contribution is 5.76. The average molecular weight is 262 g/mol. The van der Waals surface area contributed by atoms with Crippen molar-refractivity contribution in [2.75, 3.05) is 20.2 Å².